The van der Waals surface area contributed by atoms with E-state index in [4.69, 9.17) is 11.6 Å². The fraction of sp³-hybridized carbons (Fsp3) is 0.583. The van der Waals surface area contributed by atoms with Crippen LogP contribution in [0, 0.1) is 5.41 Å². The highest BCUT2D eigenvalue weighted by atomic mass is 35.5. The Morgan fingerprint density at radius 2 is 2.11 bits per heavy atom. The van der Waals surface area contributed by atoms with E-state index >= 15 is 0 Å². The largest absolute Gasteiger partial charge is 0.368 e. The van der Waals surface area contributed by atoms with Gasteiger partial charge in [-0.2, -0.15) is 0 Å². The second-order valence-corrected chi connectivity index (χ2v) is 7.44. The standard InChI is InChI=1S/C12H19ClN2O2S/c1-12(2,6-7-13)9-15-11-10(18(3,16)17)5-4-8-14-11/h4-5,8H,6-7,9H2,1-3H3,(H,14,15). The molecule has 0 radical (unpaired) electrons. The number of nitrogens with zero attached hydrogens (tertiary/aromatic N) is 1. The molecule has 0 aliphatic rings. The molecule has 0 atom stereocenters. The Hall–Kier alpha value is -0.810. The SMILES string of the molecule is CC(C)(CCCl)CNc1ncccc1S(C)(=O)=O. The summed E-state index contributed by atoms with van der Waals surface area (Å²) >= 11 is 5.73. The van der Waals surface area contributed by atoms with E-state index in [1.54, 1.807) is 18.3 Å². The lowest BCUT2D eigenvalue weighted by atomic mass is 9.90. The van der Waals surface area contributed by atoms with Crippen molar-refractivity contribution in [2.24, 2.45) is 5.41 Å². The highest BCUT2D eigenvalue weighted by Gasteiger charge is 2.19. The number of aromatic nitrogens is 1. The molecule has 0 saturated carbocycles. The highest BCUT2D eigenvalue weighted by molar-refractivity contribution is 7.90. The third-order valence-corrected chi connectivity index (χ3v) is 3.99. The van der Waals surface area contributed by atoms with Gasteiger partial charge in [0, 0.05) is 24.9 Å². The van der Waals surface area contributed by atoms with Gasteiger partial charge in [0.1, 0.15) is 10.7 Å². The molecule has 1 N–H and O–H groups in total. The van der Waals surface area contributed by atoms with Crippen LogP contribution < -0.4 is 5.32 Å². The van der Waals surface area contributed by atoms with E-state index in [0.29, 0.717) is 18.2 Å². The summed E-state index contributed by atoms with van der Waals surface area (Å²) in [6, 6.07) is 3.17. The van der Waals surface area contributed by atoms with E-state index in [2.05, 4.69) is 24.1 Å². The molecule has 0 aliphatic carbocycles. The first kappa shape index (κ1) is 15.2. The van der Waals surface area contributed by atoms with Gasteiger partial charge in [0.25, 0.3) is 0 Å². The van der Waals surface area contributed by atoms with Crippen molar-refractivity contribution < 1.29 is 8.42 Å². The lowest BCUT2D eigenvalue weighted by Crippen LogP contribution is -2.24. The number of hydrogen-bond donors (Lipinski definition) is 1. The maximum atomic E-state index is 11.6. The molecular formula is C12H19ClN2O2S. The lowest BCUT2D eigenvalue weighted by molar-refractivity contribution is 0.378. The lowest BCUT2D eigenvalue weighted by Gasteiger charge is -2.24. The Morgan fingerprint density at radius 1 is 1.44 bits per heavy atom. The molecule has 0 bridgehead atoms. The van der Waals surface area contributed by atoms with Crippen molar-refractivity contribution >= 4 is 27.3 Å². The van der Waals surface area contributed by atoms with E-state index in [1.165, 1.54) is 6.26 Å². The van der Waals surface area contributed by atoms with Gasteiger partial charge >= 0.3 is 0 Å². The maximum absolute atomic E-state index is 11.6. The summed E-state index contributed by atoms with van der Waals surface area (Å²) in [5.74, 6) is 0.984. The monoisotopic (exact) mass is 290 g/mol. The molecule has 1 rings (SSSR count). The quantitative estimate of drug-likeness (QED) is 0.818. The van der Waals surface area contributed by atoms with Gasteiger partial charge < -0.3 is 5.32 Å². The molecule has 102 valence electrons. The van der Waals surface area contributed by atoms with Crippen LogP contribution in [-0.4, -0.2) is 32.1 Å². The van der Waals surface area contributed by atoms with Crippen molar-refractivity contribution in [2.75, 3.05) is 24.0 Å². The summed E-state index contributed by atoms with van der Waals surface area (Å²) in [6.07, 6.45) is 3.60. The van der Waals surface area contributed by atoms with Crippen LogP contribution in [0.4, 0.5) is 5.82 Å². The van der Waals surface area contributed by atoms with Gasteiger partial charge in [0.2, 0.25) is 0 Å². The molecule has 0 spiro atoms. The first-order valence-electron chi connectivity index (χ1n) is 5.71. The van der Waals surface area contributed by atoms with Crippen LogP contribution in [0.2, 0.25) is 0 Å². The Bertz CT molecular complexity index is 501. The molecule has 0 aliphatic heterocycles. The molecule has 0 aromatic carbocycles. The number of pyridine rings is 1. The summed E-state index contributed by atoms with van der Waals surface area (Å²) in [7, 11) is -3.26. The minimum absolute atomic E-state index is 0.00591. The molecule has 0 amide bonds. The van der Waals surface area contributed by atoms with Gasteiger partial charge in [-0.15, -0.1) is 11.6 Å². The van der Waals surface area contributed by atoms with Crippen molar-refractivity contribution in [1.82, 2.24) is 4.98 Å². The normalized spacial score (nSPS) is 12.4. The Balaban J connectivity index is 2.86. The number of sulfone groups is 1. The molecule has 0 unspecified atom stereocenters. The van der Waals surface area contributed by atoms with E-state index in [0.717, 1.165) is 6.42 Å². The van der Waals surface area contributed by atoms with Gasteiger partial charge in [-0.25, -0.2) is 13.4 Å². The zero-order chi connectivity index (χ0) is 13.8. The number of alkyl halides is 1. The van der Waals surface area contributed by atoms with E-state index in [-0.39, 0.29) is 10.3 Å². The van der Waals surface area contributed by atoms with Crippen LogP contribution in [-0.2, 0) is 9.84 Å². The maximum Gasteiger partial charge on any atom is 0.179 e. The molecule has 4 nitrogen and oxygen atoms in total. The van der Waals surface area contributed by atoms with E-state index in [1.807, 2.05) is 0 Å². The zero-order valence-electron chi connectivity index (χ0n) is 10.9. The molecule has 0 saturated heterocycles. The van der Waals surface area contributed by atoms with Crippen molar-refractivity contribution in [3.05, 3.63) is 18.3 Å². The summed E-state index contributed by atoms with van der Waals surface area (Å²) in [4.78, 5) is 4.31. The number of halogens is 1. The highest BCUT2D eigenvalue weighted by Crippen LogP contribution is 2.24. The molecule has 1 aromatic rings. The van der Waals surface area contributed by atoms with Gasteiger partial charge in [-0.1, -0.05) is 13.8 Å². The minimum atomic E-state index is -3.26. The predicted octanol–water partition coefficient (Wildman–Crippen LogP) is 2.55. The zero-order valence-corrected chi connectivity index (χ0v) is 12.5. The van der Waals surface area contributed by atoms with Gasteiger partial charge in [0.15, 0.2) is 9.84 Å². The van der Waals surface area contributed by atoms with Crippen molar-refractivity contribution in [1.29, 1.82) is 0 Å². The van der Waals surface area contributed by atoms with Crippen LogP contribution in [0.15, 0.2) is 23.2 Å². The number of hydrogen-bond acceptors (Lipinski definition) is 4. The second-order valence-electron chi connectivity index (χ2n) is 5.08. The van der Waals surface area contributed by atoms with Crippen LogP contribution >= 0.6 is 11.6 Å². The summed E-state index contributed by atoms with van der Waals surface area (Å²) < 4.78 is 23.2. The molecular weight excluding hydrogens is 272 g/mol. The van der Waals surface area contributed by atoms with Gasteiger partial charge in [-0.05, 0) is 24.0 Å². The smallest absolute Gasteiger partial charge is 0.179 e. The first-order chi connectivity index (χ1) is 8.26. The van der Waals surface area contributed by atoms with E-state index in [9.17, 15) is 8.42 Å². The summed E-state index contributed by atoms with van der Waals surface area (Å²) in [5, 5.41) is 3.10. The van der Waals surface area contributed by atoms with Gasteiger partial charge in [-0.3, -0.25) is 0 Å². The first-order valence-corrected chi connectivity index (χ1v) is 8.14. The third kappa shape index (κ3) is 4.46. The summed E-state index contributed by atoms with van der Waals surface area (Å²) in [6.45, 7) is 4.77. The van der Waals surface area contributed by atoms with Gasteiger partial charge in [0.05, 0.1) is 0 Å². The van der Waals surface area contributed by atoms with Crippen molar-refractivity contribution in [3.8, 4) is 0 Å². The minimum Gasteiger partial charge on any atom is -0.368 e. The van der Waals surface area contributed by atoms with Crippen LogP contribution in [0.3, 0.4) is 0 Å². The fourth-order valence-corrected chi connectivity index (χ4v) is 2.80. The number of anilines is 1. The fourth-order valence-electron chi connectivity index (χ4n) is 1.49. The van der Waals surface area contributed by atoms with Crippen LogP contribution in [0.5, 0.6) is 0 Å². The molecule has 1 heterocycles. The average Bonchev–Trinajstić information content (AvgIpc) is 2.26. The molecule has 0 fully saturated rings. The van der Waals surface area contributed by atoms with Crippen LogP contribution in [0.1, 0.15) is 20.3 Å². The Morgan fingerprint density at radius 3 is 2.67 bits per heavy atom. The predicted molar refractivity (Wildman–Crippen MR) is 75.0 cm³/mol. The van der Waals surface area contributed by atoms with Crippen LogP contribution in [0.25, 0.3) is 0 Å². The van der Waals surface area contributed by atoms with Crippen molar-refractivity contribution in [3.63, 3.8) is 0 Å². The summed E-state index contributed by atoms with van der Waals surface area (Å²) in [5.41, 5.74) is -0.00591. The third-order valence-electron chi connectivity index (χ3n) is 2.68. The molecule has 6 heteroatoms. The number of rotatable bonds is 6. The Kier molecular flexibility index (Phi) is 4.99. The molecule has 1 aromatic heterocycles. The Labute approximate surface area is 114 Å². The average molecular weight is 291 g/mol. The topological polar surface area (TPSA) is 59.1 Å². The van der Waals surface area contributed by atoms with Crippen molar-refractivity contribution in [2.45, 2.75) is 25.2 Å². The number of nitrogens with one attached hydrogen (secondary N) is 1. The second kappa shape index (κ2) is 5.89. The van der Waals surface area contributed by atoms with E-state index < -0.39 is 9.84 Å². The molecule has 18 heavy (non-hydrogen) atoms.